The molecule has 18 heavy (non-hydrogen) atoms. The van der Waals surface area contributed by atoms with Gasteiger partial charge in [0.05, 0.1) is 0 Å². The molecule has 2 unspecified atom stereocenters. The van der Waals surface area contributed by atoms with E-state index in [4.69, 9.17) is 0 Å². The first-order valence-corrected chi connectivity index (χ1v) is 8.02. The van der Waals surface area contributed by atoms with E-state index in [0.717, 1.165) is 0 Å². The van der Waals surface area contributed by atoms with Gasteiger partial charge in [-0.05, 0) is 25.7 Å². The largest absolute Gasteiger partial charge is 0.396 e. The molecule has 0 saturated heterocycles. The summed E-state index contributed by atoms with van der Waals surface area (Å²) in [6, 6.07) is 1.07. The lowest BCUT2D eigenvalue weighted by molar-refractivity contribution is 0.197. The number of rotatable bonds is 12. The van der Waals surface area contributed by atoms with Gasteiger partial charge in [-0.3, -0.25) is 0 Å². The molecule has 0 aromatic carbocycles. The van der Waals surface area contributed by atoms with Crippen LogP contribution in [-0.2, 0) is 0 Å². The molecule has 0 radical (unpaired) electrons. The summed E-state index contributed by atoms with van der Waals surface area (Å²) in [6.45, 7) is 9.12. The van der Waals surface area contributed by atoms with Crippen molar-refractivity contribution in [1.82, 2.24) is 5.32 Å². The third-order valence-electron chi connectivity index (χ3n) is 3.95. The lowest BCUT2D eigenvalue weighted by atomic mass is 9.98. The molecule has 2 N–H and O–H groups in total. The molecule has 0 spiro atoms. The zero-order valence-electron chi connectivity index (χ0n) is 13.0. The lowest BCUT2D eigenvalue weighted by Gasteiger charge is -2.26. The molecule has 0 saturated carbocycles. The molecule has 0 bridgehead atoms. The Morgan fingerprint density at radius 3 is 1.78 bits per heavy atom. The minimum Gasteiger partial charge on any atom is -0.396 e. The molecule has 2 heteroatoms. The maximum Gasteiger partial charge on any atom is 0.0471 e. The summed E-state index contributed by atoms with van der Waals surface area (Å²) in [7, 11) is 0. The molecule has 0 fully saturated rings. The van der Waals surface area contributed by atoms with Gasteiger partial charge in [-0.25, -0.2) is 0 Å². The van der Waals surface area contributed by atoms with E-state index in [0.29, 0.717) is 18.0 Å². The van der Waals surface area contributed by atoms with Crippen molar-refractivity contribution >= 4 is 0 Å². The van der Waals surface area contributed by atoms with Crippen molar-refractivity contribution in [2.75, 3.05) is 6.61 Å². The van der Waals surface area contributed by atoms with Crippen LogP contribution in [0.1, 0.15) is 79.1 Å². The molecule has 110 valence electrons. The smallest absolute Gasteiger partial charge is 0.0471 e. The summed E-state index contributed by atoms with van der Waals surface area (Å²) in [5.41, 5.74) is 0. The minimum absolute atomic E-state index is 0.283. The number of aliphatic hydroxyl groups is 1. The van der Waals surface area contributed by atoms with Crippen molar-refractivity contribution in [3.63, 3.8) is 0 Å². The molecule has 0 aromatic heterocycles. The van der Waals surface area contributed by atoms with E-state index in [1.807, 2.05) is 0 Å². The van der Waals surface area contributed by atoms with Crippen LogP contribution in [0.3, 0.4) is 0 Å². The van der Waals surface area contributed by atoms with Gasteiger partial charge in [-0.15, -0.1) is 0 Å². The average molecular weight is 257 g/mol. The molecule has 2 atom stereocenters. The molecule has 2 nitrogen and oxygen atoms in total. The van der Waals surface area contributed by atoms with Crippen LogP contribution in [0, 0.1) is 5.92 Å². The second kappa shape index (κ2) is 12.0. The van der Waals surface area contributed by atoms with E-state index in [1.54, 1.807) is 0 Å². The molecular formula is C16H35NO. The van der Waals surface area contributed by atoms with Gasteiger partial charge in [0.15, 0.2) is 0 Å². The predicted molar refractivity (Wildman–Crippen MR) is 80.9 cm³/mol. The van der Waals surface area contributed by atoms with Gasteiger partial charge in [0, 0.05) is 18.7 Å². The summed E-state index contributed by atoms with van der Waals surface area (Å²) in [5, 5.41) is 12.9. The zero-order valence-corrected chi connectivity index (χ0v) is 13.0. The second-order valence-electron chi connectivity index (χ2n) is 5.80. The van der Waals surface area contributed by atoms with Crippen LogP contribution in [0.5, 0.6) is 0 Å². The van der Waals surface area contributed by atoms with Gasteiger partial charge in [0.25, 0.3) is 0 Å². The fourth-order valence-corrected chi connectivity index (χ4v) is 2.29. The number of aliphatic hydroxyl groups excluding tert-OH is 1. The molecule has 0 rings (SSSR count). The Morgan fingerprint density at radius 1 is 0.889 bits per heavy atom. The highest BCUT2D eigenvalue weighted by Gasteiger charge is 2.16. The van der Waals surface area contributed by atoms with E-state index < -0.39 is 0 Å². The first-order chi connectivity index (χ1) is 8.65. The molecule has 0 amide bonds. The monoisotopic (exact) mass is 257 g/mol. The van der Waals surface area contributed by atoms with Crippen LogP contribution >= 0.6 is 0 Å². The normalized spacial score (nSPS) is 15.0. The third-order valence-corrected chi connectivity index (χ3v) is 3.95. The fourth-order valence-electron chi connectivity index (χ4n) is 2.29. The van der Waals surface area contributed by atoms with E-state index >= 15 is 0 Å². The first kappa shape index (κ1) is 17.9. The molecular weight excluding hydrogens is 222 g/mol. The van der Waals surface area contributed by atoms with Crippen LogP contribution in [0.4, 0.5) is 0 Å². The highest BCUT2D eigenvalue weighted by molar-refractivity contribution is 4.75. The minimum atomic E-state index is 0.283. The van der Waals surface area contributed by atoms with E-state index in [1.165, 1.54) is 51.4 Å². The van der Waals surface area contributed by atoms with Crippen molar-refractivity contribution in [1.29, 1.82) is 0 Å². The Bertz CT molecular complexity index is 162. The second-order valence-corrected chi connectivity index (χ2v) is 5.80. The summed E-state index contributed by atoms with van der Waals surface area (Å²) in [5.74, 6) is 0.352. The standard InChI is InChI=1S/C16H35NO/c1-5-7-9-11-16(12-10-8-6-2)17-15(4)14(3)13-18/h14-18H,5-13H2,1-4H3. The van der Waals surface area contributed by atoms with E-state index in [-0.39, 0.29) is 6.61 Å². The van der Waals surface area contributed by atoms with E-state index in [9.17, 15) is 5.11 Å². The highest BCUT2D eigenvalue weighted by atomic mass is 16.3. The van der Waals surface area contributed by atoms with Crippen LogP contribution in [0.25, 0.3) is 0 Å². The number of nitrogens with one attached hydrogen (secondary N) is 1. The Hall–Kier alpha value is -0.0800. The Balaban J connectivity index is 4.01. The van der Waals surface area contributed by atoms with Gasteiger partial charge >= 0.3 is 0 Å². The zero-order chi connectivity index (χ0) is 13.8. The number of hydrogen-bond donors (Lipinski definition) is 2. The molecule has 0 aliphatic rings. The molecule has 0 aliphatic heterocycles. The third kappa shape index (κ3) is 8.93. The molecule has 0 heterocycles. The van der Waals surface area contributed by atoms with Crippen molar-refractivity contribution in [3.05, 3.63) is 0 Å². The first-order valence-electron chi connectivity index (χ1n) is 8.02. The summed E-state index contributed by atoms with van der Waals surface area (Å²) >= 11 is 0. The summed E-state index contributed by atoms with van der Waals surface area (Å²) in [6.07, 6.45) is 10.5. The van der Waals surface area contributed by atoms with Crippen LogP contribution < -0.4 is 5.32 Å². The Kier molecular flexibility index (Phi) is 11.9. The average Bonchev–Trinajstić information content (AvgIpc) is 2.37. The molecule has 0 aromatic rings. The maximum atomic E-state index is 9.21. The fraction of sp³-hybridized carbons (Fsp3) is 1.00. The van der Waals surface area contributed by atoms with Gasteiger partial charge in [-0.1, -0.05) is 59.3 Å². The predicted octanol–water partition coefficient (Wildman–Crippen LogP) is 4.12. The van der Waals surface area contributed by atoms with Crippen LogP contribution in [0.15, 0.2) is 0 Å². The van der Waals surface area contributed by atoms with E-state index in [2.05, 4.69) is 33.0 Å². The Labute approximate surface area is 115 Å². The molecule has 0 aliphatic carbocycles. The van der Waals surface area contributed by atoms with Gasteiger partial charge in [0.1, 0.15) is 0 Å². The van der Waals surface area contributed by atoms with Crippen molar-refractivity contribution in [2.24, 2.45) is 5.92 Å². The van der Waals surface area contributed by atoms with Crippen molar-refractivity contribution in [2.45, 2.75) is 91.1 Å². The Morgan fingerprint density at radius 2 is 1.39 bits per heavy atom. The van der Waals surface area contributed by atoms with Crippen LogP contribution in [0.2, 0.25) is 0 Å². The van der Waals surface area contributed by atoms with Crippen molar-refractivity contribution in [3.8, 4) is 0 Å². The van der Waals surface area contributed by atoms with Gasteiger partial charge in [-0.2, -0.15) is 0 Å². The highest BCUT2D eigenvalue weighted by Crippen LogP contribution is 2.13. The van der Waals surface area contributed by atoms with Crippen molar-refractivity contribution < 1.29 is 5.11 Å². The van der Waals surface area contributed by atoms with Gasteiger partial charge < -0.3 is 10.4 Å². The summed E-state index contributed by atoms with van der Waals surface area (Å²) in [4.78, 5) is 0. The SMILES string of the molecule is CCCCCC(CCCCC)NC(C)C(C)CO. The maximum absolute atomic E-state index is 9.21. The topological polar surface area (TPSA) is 32.3 Å². The summed E-state index contributed by atoms with van der Waals surface area (Å²) < 4.78 is 0. The van der Waals surface area contributed by atoms with Crippen LogP contribution in [-0.4, -0.2) is 23.8 Å². The number of unbranched alkanes of at least 4 members (excludes halogenated alkanes) is 4. The quantitative estimate of drug-likeness (QED) is 0.515. The number of hydrogen-bond acceptors (Lipinski definition) is 2. The van der Waals surface area contributed by atoms with Gasteiger partial charge in [0.2, 0.25) is 0 Å². The lowest BCUT2D eigenvalue weighted by Crippen LogP contribution is -2.41.